The van der Waals surface area contributed by atoms with Gasteiger partial charge < -0.3 is 10.2 Å². The number of nitrogens with zero attached hydrogens (tertiary/aromatic N) is 1. The molecule has 1 saturated heterocycles. The van der Waals surface area contributed by atoms with Crippen LogP contribution in [-0.2, 0) is 4.79 Å². The fourth-order valence-electron chi connectivity index (χ4n) is 6.13. The molecule has 1 aliphatic rings. The van der Waals surface area contributed by atoms with Gasteiger partial charge in [-0.2, -0.15) is 0 Å². The lowest BCUT2D eigenvalue weighted by Crippen LogP contribution is -2.32. The van der Waals surface area contributed by atoms with E-state index in [4.69, 9.17) is 0 Å². The summed E-state index contributed by atoms with van der Waals surface area (Å²) in [6.45, 7) is 13.7. The molecule has 1 rings (SSSR count). The van der Waals surface area contributed by atoms with Crippen molar-refractivity contribution >= 4 is 5.78 Å². The third kappa shape index (κ3) is 25.3. The second kappa shape index (κ2) is 29.9. The summed E-state index contributed by atoms with van der Waals surface area (Å²) in [7, 11) is 0. The molecule has 1 heterocycles. The SMILES string of the molecule is C=C(CCCCCCCC/C=C\CC)CCC(CCC(=O)CCCCCCCC/C=C\CC)NCCCN1CCCC1. The number of likely N-dealkylation sites (tertiary alicyclic amines) is 1. The average molecular weight is 585 g/mol. The second-order valence-electron chi connectivity index (χ2n) is 13.0. The van der Waals surface area contributed by atoms with Gasteiger partial charge in [-0.1, -0.05) is 102 Å². The van der Waals surface area contributed by atoms with Gasteiger partial charge in [-0.3, -0.25) is 4.79 Å². The highest BCUT2D eigenvalue weighted by Gasteiger charge is 2.14. The van der Waals surface area contributed by atoms with Crippen molar-refractivity contribution in [1.29, 1.82) is 0 Å². The summed E-state index contributed by atoms with van der Waals surface area (Å²) in [6, 6.07) is 0.452. The first-order valence-electron chi connectivity index (χ1n) is 18.6. The number of Topliss-reactive ketones (excluding diaryl/α,β-unsaturated/α-hetero) is 1. The minimum Gasteiger partial charge on any atom is -0.314 e. The fraction of sp³-hybridized carbons (Fsp3) is 0.821. The van der Waals surface area contributed by atoms with E-state index in [-0.39, 0.29) is 0 Å². The first kappa shape index (κ1) is 38.8. The molecule has 3 heteroatoms. The third-order valence-electron chi connectivity index (χ3n) is 8.93. The summed E-state index contributed by atoms with van der Waals surface area (Å²) in [4.78, 5) is 15.3. The highest BCUT2D eigenvalue weighted by atomic mass is 16.1. The van der Waals surface area contributed by atoms with Gasteiger partial charge in [0.15, 0.2) is 0 Å². The van der Waals surface area contributed by atoms with Crippen molar-refractivity contribution in [2.24, 2.45) is 0 Å². The van der Waals surface area contributed by atoms with Crippen LogP contribution in [0.1, 0.15) is 174 Å². The van der Waals surface area contributed by atoms with Gasteiger partial charge in [-0.15, -0.1) is 0 Å². The van der Waals surface area contributed by atoms with Crippen molar-refractivity contribution in [2.45, 2.75) is 180 Å². The number of unbranched alkanes of at least 4 members (excludes halogenated alkanes) is 12. The topological polar surface area (TPSA) is 32.3 Å². The monoisotopic (exact) mass is 585 g/mol. The average Bonchev–Trinajstić information content (AvgIpc) is 3.52. The van der Waals surface area contributed by atoms with Crippen LogP contribution in [0.4, 0.5) is 0 Å². The molecule has 1 unspecified atom stereocenters. The molecular formula is C39H72N2O. The Bertz CT molecular complexity index is 630. The van der Waals surface area contributed by atoms with Crippen molar-refractivity contribution in [3.05, 3.63) is 36.5 Å². The molecule has 244 valence electrons. The van der Waals surface area contributed by atoms with Crippen molar-refractivity contribution in [2.75, 3.05) is 26.2 Å². The summed E-state index contributed by atoms with van der Waals surface area (Å²) in [6.07, 6.45) is 39.5. The second-order valence-corrected chi connectivity index (χ2v) is 13.0. The Kier molecular flexibility index (Phi) is 27.6. The van der Waals surface area contributed by atoms with E-state index < -0.39 is 0 Å². The number of rotatable bonds is 31. The predicted molar refractivity (Wildman–Crippen MR) is 187 cm³/mol. The molecule has 1 aliphatic heterocycles. The van der Waals surface area contributed by atoms with Crippen LogP contribution in [0.5, 0.6) is 0 Å². The molecule has 0 bridgehead atoms. The molecule has 0 aromatic rings. The molecule has 0 spiro atoms. The summed E-state index contributed by atoms with van der Waals surface area (Å²) in [5, 5.41) is 3.84. The van der Waals surface area contributed by atoms with Crippen molar-refractivity contribution in [3.8, 4) is 0 Å². The van der Waals surface area contributed by atoms with E-state index >= 15 is 0 Å². The van der Waals surface area contributed by atoms with E-state index in [0.29, 0.717) is 11.8 Å². The fourth-order valence-corrected chi connectivity index (χ4v) is 6.13. The quantitative estimate of drug-likeness (QED) is 0.0649. The Morgan fingerprint density at radius 1 is 0.667 bits per heavy atom. The first-order chi connectivity index (χ1) is 20.7. The number of carbonyl (C=O) groups is 1. The van der Waals surface area contributed by atoms with Gasteiger partial charge in [0.2, 0.25) is 0 Å². The van der Waals surface area contributed by atoms with Crippen molar-refractivity contribution in [3.63, 3.8) is 0 Å². The Morgan fingerprint density at radius 2 is 1.19 bits per heavy atom. The van der Waals surface area contributed by atoms with Crippen LogP contribution in [0.2, 0.25) is 0 Å². The van der Waals surface area contributed by atoms with E-state index in [1.807, 2.05) is 0 Å². The minimum absolute atomic E-state index is 0.452. The lowest BCUT2D eigenvalue weighted by Gasteiger charge is -2.21. The lowest BCUT2D eigenvalue weighted by atomic mass is 9.97. The zero-order valence-electron chi connectivity index (χ0n) is 28.5. The molecule has 1 atom stereocenters. The van der Waals surface area contributed by atoms with Crippen LogP contribution in [-0.4, -0.2) is 42.9 Å². The van der Waals surface area contributed by atoms with Gasteiger partial charge in [0.1, 0.15) is 5.78 Å². The maximum Gasteiger partial charge on any atom is 0.132 e. The van der Waals surface area contributed by atoms with Crippen LogP contribution in [0.15, 0.2) is 36.5 Å². The van der Waals surface area contributed by atoms with Crippen LogP contribution < -0.4 is 5.32 Å². The van der Waals surface area contributed by atoms with E-state index in [1.54, 1.807) is 0 Å². The molecule has 42 heavy (non-hydrogen) atoms. The van der Waals surface area contributed by atoms with E-state index in [1.165, 1.54) is 134 Å². The number of ketones is 1. The Hall–Kier alpha value is -1.19. The van der Waals surface area contributed by atoms with Gasteiger partial charge in [0.05, 0.1) is 0 Å². The normalized spacial score (nSPS) is 14.9. The van der Waals surface area contributed by atoms with Crippen molar-refractivity contribution < 1.29 is 4.79 Å². The molecule has 0 saturated carbocycles. The molecule has 0 radical (unpaired) electrons. The molecule has 1 fully saturated rings. The Morgan fingerprint density at radius 3 is 1.79 bits per heavy atom. The molecule has 1 N–H and O–H groups in total. The molecule has 0 amide bonds. The number of nitrogens with one attached hydrogen (secondary N) is 1. The number of allylic oxidation sites excluding steroid dienone is 5. The predicted octanol–water partition coefficient (Wildman–Crippen LogP) is 11.3. The smallest absolute Gasteiger partial charge is 0.132 e. The summed E-state index contributed by atoms with van der Waals surface area (Å²) >= 11 is 0. The van der Waals surface area contributed by atoms with Crippen LogP contribution in [0.3, 0.4) is 0 Å². The largest absolute Gasteiger partial charge is 0.314 e. The Labute approximate surface area is 263 Å². The van der Waals surface area contributed by atoms with Gasteiger partial charge in [-0.25, -0.2) is 0 Å². The van der Waals surface area contributed by atoms with E-state index in [2.05, 4.69) is 54.9 Å². The molecular weight excluding hydrogens is 512 g/mol. The zero-order valence-corrected chi connectivity index (χ0v) is 28.5. The highest BCUT2D eigenvalue weighted by Crippen LogP contribution is 2.18. The number of hydrogen-bond acceptors (Lipinski definition) is 3. The van der Waals surface area contributed by atoms with E-state index in [0.717, 1.165) is 57.9 Å². The van der Waals surface area contributed by atoms with Gasteiger partial charge in [0, 0.05) is 18.9 Å². The van der Waals surface area contributed by atoms with E-state index in [9.17, 15) is 4.79 Å². The Balaban J connectivity index is 2.20. The standard InChI is InChI=1S/C39H72N2O/c1-4-6-8-10-12-14-16-18-20-22-27-37(3)29-30-38(40-33-26-36-41-34-24-25-35-41)31-32-39(42)28-23-21-19-17-15-13-11-9-7-5-2/h6-9,38,40H,3-5,10-36H2,1-2H3/b8-6-,9-7-. The third-order valence-corrected chi connectivity index (χ3v) is 8.93. The van der Waals surface area contributed by atoms with Gasteiger partial charge in [0.25, 0.3) is 0 Å². The van der Waals surface area contributed by atoms with Crippen LogP contribution >= 0.6 is 0 Å². The number of hydrogen-bond donors (Lipinski definition) is 1. The summed E-state index contributed by atoms with van der Waals surface area (Å²) in [5.41, 5.74) is 1.41. The minimum atomic E-state index is 0.452. The lowest BCUT2D eigenvalue weighted by molar-refractivity contribution is -0.119. The summed E-state index contributed by atoms with van der Waals surface area (Å²) < 4.78 is 0. The maximum atomic E-state index is 12.7. The van der Waals surface area contributed by atoms with Crippen LogP contribution in [0, 0.1) is 0 Å². The highest BCUT2D eigenvalue weighted by molar-refractivity contribution is 5.78. The number of carbonyl (C=O) groups excluding carboxylic acids is 1. The first-order valence-corrected chi connectivity index (χ1v) is 18.6. The molecule has 0 aromatic heterocycles. The molecule has 3 nitrogen and oxygen atoms in total. The summed E-state index contributed by atoms with van der Waals surface area (Å²) in [5.74, 6) is 0.476. The maximum absolute atomic E-state index is 12.7. The van der Waals surface area contributed by atoms with Crippen LogP contribution in [0.25, 0.3) is 0 Å². The molecule has 0 aromatic carbocycles. The molecule has 0 aliphatic carbocycles. The zero-order chi connectivity index (χ0) is 30.4. The van der Waals surface area contributed by atoms with Gasteiger partial charge in [-0.05, 0) is 122 Å². The van der Waals surface area contributed by atoms with Crippen molar-refractivity contribution in [1.82, 2.24) is 10.2 Å². The van der Waals surface area contributed by atoms with Gasteiger partial charge >= 0.3 is 0 Å².